The van der Waals surface area contributed by atoms with Crippen LogP contribution in [-0.2, 0) is 11.3 Å². The number of aliphatic carboxylic acids is 1. The highest BCUT2D eigenvalue weighted by Crippen LogP contribution is 2.34. The first kappa shape index (κ1) is 20.3. The Morgan fingerprint density at radius 1 is 1.20 bits per heavy atom. The molecule has 30 heavy (non-hydrogen) atoms. The molecule has 0 spiro atoms. The molecule has 0 atom stereocenters. The molecule has 0 saturated carbocycles. The normalized spacial score (nSPS) is 10.3. The van der Waals surface area contributed by atoms with E-state index in [-0.39, 0.29) is 22.8 Å². The molecule has 0 saturated heterocycles. The summed E-state index contributed by atoms with van der Waals surface area (Å²) in [6, 6.07) is 11.9. The van der Waals surface area contributed by atoms with Gasteiger partial charge in [-0.05, 0) is 18.2 Å². The van der Waals surface area contributed by atoms with Crippen LogP contribution in [0.5, 0.6) is 17.2 Å². The molecule has 0 radical (unpaired) electrons. The van der Waals surface area contributed by atoms with Crippen LogP contribution in [-0.4, -0.2) is 38.8 Å². The van der Waals surface area contributed by atoms with Crippen LogP contribution in [0.25, 0.3) is 0 Å². The fraction of sp³-hybridized carbons (Fsp3) is 0.105. The lowest BCUT2D eigenvalue weighted by molar-refractivity contribution is -0.384. The largest absolute Gasteiger partial charge is 0.493 e. The van der Waals surface area contributed by atoms with E-state index in [1.165, 1.54) is 37.6 Å². The third kappa shape index (κ3) is 4.90. The number of rotatable bonds is 8. The van der Waals surface area contributed by atoms with Gasteiger partial charge in [-0.3, -0.25) is 24.4 Å². The van der Waals surface area contributed by atoms with Crippen molar-refractivity contribution in [2.24, 2.45) is 0 Å². The molecule has 0 aliphatic heterocycles. The fourth-order valence-corrected chi connectivity index (χ4v) is 2.55. The molecule has 11 heteroatoms. The van der Waals surface area contributed by atoms with Crippen molar-refractivity contribution in [1.82, 2.24) is 9.78 Å². The molecule has 1 amide bonds. The highest BCUT2D eigenvalue weighted by molar-refractivity contribution is 6.03. The van der Waals surface area contributed by atoms with E-state index in [1.54, 1.807) is 24.3 Å². The van der Waals surface area contributed by atoms with Gasteiger partial charge in [0, 0.05) is 18.3 Å². The second-order valence-electron chi connectivity index (χ2n) is 5.97. The van der Waals surface area contributed by atoms with Crippen molar-refractivity contribution in [2.75, 3.05) is 12.4 Å². The minimum Gasteiger partial charge on any atom is -0.493 e. The minimum atomic E-state index is -1.11. The summed E-state index contributed by atoms with van der Waals surface area (Å²) in [5.41, 5.74) is -0.240. The summed E-state index contributed by atoms with van der Waals surface area (Å²) in [5, 5.41) is 26.4. The van der Waals surface area contributed by atoms with Crippen LogP contribution in [0.2, 0.25) is 0 Å². The number of nitro groups is 1. The average molecular weight is 412 g/mol. The van der Waals surface area contributed by atoms with Gasteiger partial charge in [-0.15, -0.1) is 0 Å². The van der Waals surface area contributed by atoms with Crippen molar-refractivity contribution < 1.29 is 29.1 Å². The van der Waals surface area contributed by atoms with E-state index >= 15 is 0 Å². The standard InChI is InChI=1S/C19H16N4O7/c1-29-16-4-2-3-5-17(16)30-14-9-12(8-13(10-14)23(27)28)20-19(26)15-6-7-22(21-15)11-18(24)25/h2-10H,11H2,1H3,(H,20,26)(H,24,25). The van der Waals surface area contributed by atoms with Crippen LogP contribution in [0.15, 0.2) is 54.7 Å². The quantitative estimate of drug-likeness (QED) is 0.424. The van der Waals surface area contributed by atoms with Gasteiger partial charge < -0.3 is 19.9 Å². The monoisotopic (exact) mass is 412 g/mol. The summed E-state index contributed by atoms with van der Waals surface area (Å²) in [7, 11) is 1.46. The third-order valence-electron chi connectivity index (χ3n) is 3.83. The predicted molar refractivity (Wildman–Crippen MR) is 104 cm³/mol. The predicted octanol–water partition coefficient (Wildman–Crippen LogP) is 2.93. The van der Waals surface area contributed by atoms with Crippen molar-refractivity contribution in [3.8, 4) is 17.2 Å². The summed E-state index contributed by atoms with van der Waals surface area (Å²) >= 11 is 0. The Labute approximate surface area is 169 Å². The van der Waals surface area contributed by atoms with E-state index in [1.807, 2.05) is 0 Å². The summed E-state index contributed by atoms with van der Waals surface area (Å²) in [5.74, 6) is -0.895. The van der Waals surface area contributed by atoms with Gasteiger partial charge in [0.1, 0.15) is 12.3 Å². The molecule has 11 nitrogen and oxygen atoms in total. The van der Waals surface area contributed by atoms with Crippen molar-refractivity contribution in [3.63, 3.8) is 0 Å². The molecule has 1 heterocycles. The smallest absolute Gasteiger partial charge is 0.325 e. The van der Waals surface area contributed by atoms with Crippen molar-refractivity contribution in [3.05, 3.63) is 70.5 Å². The van der Waals surface area contributed by atoms with E-state index in [9.17, 15) is 19.7 Å². The lowest BCUT2D eigenvalue weighted by Gasteiger charge is -2.11. The van der Waals surface area contributed by atoms with Crippen molar-refractivity contribution >= 4 is 23.3 Å². The number of methoxy groups -OCH3 is 1. The number of hydrogen-bond donors (Lipinski definition) is 2. The molecule has 2 N–H and O–H groups in total. The molecule has 0 aliphatic carbocycles. The SMILES string of the molecule is COc1ccccc1Oc1cc(NC(=O)c2ccn(CC(=O)O)n2)cc([N+](=O)[O-])c1. The highest BCUT2D eigenvalue weighted by atomic mass is 16.6. The van der Waals surface area contributed by atoms with Crippen LogP contribution in [0.1, 0.15) is 10.5 Å². The summed E-state index contributed by atoms with van der Waals surface area (Å²) in [6.07, 6.45) is 1.34. The first-order chi connectivity index (χ1) is 14.4. The lowest BCUT2D eigenvalue weighted by atomic mass is 10.2. The number of amides is 1. The Morgan fingerprint density at radius 3 is 2.60 bits per heavy atom. The molecule has 154 valence electrons. The molecule has 3 rings (SSSR count). The second kappa shape index (κ2) is 8.73. The van der Waals surface area contributed by atoms with Gasteiger partial charge in [0.15, 0.2) is 17.2 Å². The van der Waals surface area contributed by atoms with Crippen molar-refractivity contribution in [2.45, 2.75) is 6.54 Å². The zero-order valence-corrected chi connectivity index (χ0v) is 15.6. The Kier molecular flexibility index (Phi) is 5.92. The molecule has 1 aromatic heterocycles. The number of carbonyl (C=O) groups excluding carboxylic acids is 1. The first-order valence-corrected chi connectivity index (χ1v) is 8.52. The molecule has 0 bridgehead atoms. The number of nitrogens with one attached hydrogen (secondary N) is 1. The number of benzene rings is 2. The number of nitro benzene ring substituents is 1. The van der Waals surface area contributed by atoms with Crippen LogP contribution >= 0.6 is 0 Å². The zero-order valence-electron chi connectivity index (χ0n) is 15.6. The van der Waals surface area contributed by atoms with Gasteiger partial charge in [0.25, 0.3) is 11.6 Å². The minimum absolute atomic E-state index is 0.0463. The molecule has 0 fully saturated rings. The average Bonchev–Trinajstić information content (AvgIpc) is 3.16. The van der Waals surface area contributed by atoms with Gasteiger partial charge in [0.05, 0.1) is 23.8 Å². The summed E-state index contributed by atoms with van der Waals surface area (Å²) in [4.78, 5) is 33.8. The highest BCUT2D eigenvalue weighted by Gasteiger charge is 2.16. The van der Waals surface area contributed by atoms with Gasteiger partial charge in [-0.2, -0.15) is 5.10 Å². The number of anilines is 1. The van der Waals surface area contributed by atoms with Gasteiger partial charge >= 0.3 is 5.97 Å². The molecular weight excluding hydrogens is 396 g/mol. The number of carboxylic acids is 1. The Morgan fingerprint density at radius 2 is 1.93 bits per heavy atom. The Hall–Kier alpha value is -4.41. The van der Waals surface area contributed by atoms with E-state index in [2.05, 4.69) is 10.4 Å². The molecule has 0 aliphatic rings. The number of ether oxygens (including phenoxy) is 2. The lowest BCUT2D eigenvalue weighted by Crippen LogP contribution is -2.15. The Bertz CT molecular complexity index is 1110. The van der Waals surface area contributed by atoms with Crippen LogP contribution in [0.4, 0.5) is 11.4 Å². The molecule has 3 aromatic rings. The van der Waals surface area contributed by atoms with Gasteiger partial charge in [-0.1, -0.05) is 12.1 Å². The number of nitrogens with zero attached hydrogens (tertiary/aromatic N) is 3. The molecule has 2 aromatic carbocycles. The number of carboxylic acid groups (broad SMARTS) is 1. The maximum absolute atomic E-state index is 12.4. The van der Waals surface area contributed by atoms with Crippen LogP contribution < -0.4 is 14.8 Å². The maximum Gasteiger partial charge on any atom is 0.325 e. The molecule has 0 unspecified atom stereocenters. The number of hydrogen-bond acceptors (Lipinski definition) is 7. The van der Waals surface area contributed by atoms with Crippen LogP contribution in [0.3, 0.4) is 0 Å². The number of para-hydroxylation sites is 2. The topological polar surface area (TPSA) is 146 Å². The summed E-state index contributed by atoms with van der Waals surface area (Å²) in [6.45, 7) is -0.402. The van der Waals surface area contributed by atoms with E-state index in [4.69, 9.17) is 14.6 Å². The number of non-ortho nitro benzene ring substituents is 1. The Balaban J connectivity index is 1.85. The van der Waals surface area contributed by atoms with E-state index < -0.39 is 23.3 Å². The third-order valence-corrected chi connectivity index (χ3v) is 3.83. The summed E-state index contributed by atoms with van der Waals surface area (Å²) < 4.78 is 12.0. The van der Waals surface area contributed by atoms with Gasteiger partial charge in [-0.25, -0.2) is 0 Å². The molecular formula is C19H16N4O7. The fourth-order valence-electron chi connectivity index (χ4n) is 2.55. The van der Waals surface area contributed by atoms with E-state index in [0.717, 1.165) is 4.68 Å². The van der Waals surface area contributed by atoms with E-state index in [0.29, 0.717) is 11.5 Å². The zero-order chi connectivity index (χ0) is 21.7. The van der Waals surface area contributed by atoms with Crippen molar-refractivity contribution in [1.29, 1.82) is 0 Å². The first-order valence-electron chi connectivity index (χ1n) is 8.52. The van der Waals surface area contributed by atoms with Crippen LogP contribution in [0, 0.1) is 10.1 Å². The number of aromatic nitrogens is 2. The maximum atomic E-state index is 12.4. The van der Waals surface area contributed by atoms with Gasteiger partial charge in [0.2, 0.25) is 0 Å². The number of carbonyl (C=O) groups is 2. The second-order valence-corrected chi connectivity index (χ2v) is 5.97.